The Morgan fingerprint density at radius 3 is 2.35 bits per heavy atom. The van der Waals surface area contributed by atoms with Crippen molar-refractivity contribution in [3.8, 4) is 0 Å². The van der Waals surface area contributed by atoms with Gasteiger partial charge in [-0.25, -0.2) is 4.79 Å². The average Bonchev–Trinajstić information content (AvgIpc) is 2.60. The molecular formula is C12H13NO4. The van der Waals surface area contributed by atoms with Gasteiger partial charge < -0.3 is 4.74 Å². The van der Waals surface area contributed by atoms with Crippen LogP contribution in [0.25, 0.3) is 0 Å². The number of nitrogens with zero attached hydrogens (tertiary/aromatic N) is 1. The number of amides is 3. The number of fused-ring (bicyclic) bond motifs is 1. The van der Waals surface area contributed by atoms with E-state index in [-0.39, 0.29) is 6.61 Å². The van der Waals surface area contributed by atoms with E-state index in [4.69, 9.17) is 4.74 Å². The van der Waals surface area contributed by atoms with Crippen molar-refractivity contribution < 1.29 is 19.1 Å². The topological polar surface area (TPSA) is 63.7 Å². The molecule has 1 aliphatic heterocycles. The molecule has 0 bridgehead atoms. The summed E-state index contributed by atoms with van der Waals surface area (Å²) in [5, 5.41) is 0. The molecule has 0 spiro atoms. The third-order valence-corrected chi connectivity index (χ3v) is 3.01. The fraction of sp³-hybridized carbons (Fsp3) is 0.417. The number of carbonyl (C=O) groups is 3. The predicted octanol–water partition coefficient (Wildman–Crippen LogP) is 1.26. The van der Waals surface area contributed by atoms with Crippen molar-refractivity contribution in [1.82, 2.24) is 4.90 Å². The minimum Gasteiger partial charge on any atom is -0.445 e. The van der Waals surface area contributed by atoms with Gasteiger partial charge in [-0.3, -0.25) is 9.59 Å². The minimum atomic E-state index is -0.894. The zero-order valence-electron chi connectivity index (χ0n) is 9.30. The number of hydrogen-bond donors (Lipinski definition) is 0. The Bertz CT molecular complexity index is 387. The third-order valence-electron chi connectivity index (χ3n) is 3.01. The molecule has 5 heteroatoms. The second kappa shape index (κ2) is 4.53. The zero-order chi connectivity index (χ0) is 12.4. The first-order chi connectivity index (χ1) is 8.16. The Labute approximate surface area is 98.7 Å². The number of carbonyl (C=O) groups excluding carboxylic acids is 3. The summed E-state index contributed by atoms with van der Waals surface area (Å²) in [6.07, 6.45) is 5.25. The lowest BCUT2D eigenvalue weighted by atomic mass is 9.85. The van der Waals surface area contributed by atoms with Gasteiger partial charge in [-0.2, -0.15) is 4.90 Å². The van der Waals surface area contributed by atoms with Crippen molar-refractivity contribution in [2.24, 2.45) is 11.8 Å². The molecular weight excluding hydrogens is 222 g/mol. The number of likely N-dealkylation sites (tertiary alicyclic amines) is 1. The Morgan fingerprint density at radius 1 is 1.35 bits per heavy atom. The van der Waals surface area contributed by atoms with Crippen LogP contribution in [0.5, 0.6) is 0 Å². The molecule has 0 saturated carbocycles. The standard InChI is InChI=1S/C12H13NO4/c1-2-7-17-12(16)13-10(14)8-5-3-4-6-9(8)11(13)15/h2-4,8-9H,1,5-7H2. The molecule has 0 N–H and O–H groups in total. The molecule has 0 aromatic rings. The van der Waals surface area contributed by atoms with Crippen LogP contribution < -0.4 is 0 Å². The highest BCUT2D eigenvalue weighted by Gasteiger charge is 2.50. The maximum atomic E-state index is 11.9. The number of ether oxygens (including phenoxy) is 1. The molecule has 1 heterocycles. The van der Waals surface area contributed by atoms with Gasteiger partial charge in [-0.1, -0.05) is 24.8 Å². The molecule has 0 aromatic carbocycles. The number of rotatable bonds is 2. The van der Waals surface area contributed by atoms with Crippen LogP contribution in [0.1, 0.15) is 12.8 Å². The fourth-order valence-corrected chi connectivity index (χ4v) is 2.18. The van der Waals surface area contributed by atoms with Crippen molar-refractivity contribution in [1.29, 1.82) is 0 Å². The Balaban J connectivity index is 2.15. The van der Waals surface area contributed by atoms with Crippen molar-refractivity contribution >= 4 is 17.9 Å². The smallest absolute Gasteiger partial charge is 0.423 e. The van der Waals surface area contributed by atoms with Crippen LogP contribution in [0.2, 0.25) is 0 Å². The summed E-state index contributed by atoms with van der Waals surface area (Å²) < 4.78 is 4.73. The molecule has 2 rings (SSSR count). The second-order valence-corrected chi connectivity index (χ2v) is 4.03. The van der Waals surface area contributed by atoms with Crippen LogP contribution in [0.4, 0.5) is 4.79 Å². The summed E-state index contributed by atoms with van der Waals surface area (Å²) in [4.78, 5) is 36.0. The third kappa shape index (κ3) is 1.88. The zero-order valence-corrected chi connectivity index (χ0v) is 9.30. The molecule has 1 fully saturated rings. The first kappa shape index (κ1) is 11.6. The molecule has 1 aliphatic carbocycles. The first-order valence-electron chi connectivity index (χ1n) is 5.47. The molecule has 0 radical (unpaired) electrons. The van der Waals surface area contributed by atoms with Gasteiger partial charge in [0.05, 0.1) is 11.8 Å². The molecule has 17 heavy (non-hydrogen) atoms. The normalized spacial score (nSPS) is 26.9. The van der Waals surface area contributed by atoms with Gasteiger partial charge in [-0.05, 0) is 12.8 Å². The van der Waals surface area contributed by atoms with Crippen molar-refractivity contribution in [3.05, 3.63) is 24.8 Å². The number of hydrogen-bond acceptors (Lipinski definition) is 4. The lowest BCUT2D eigenvalue weighted by Gasteiger charge is -2.14. The highest BCUT2D eigenvalue weighted by molar-refractivity contribution is 6.15. The quantitative estimate of drug-likeness (QED) is 0.534. The SMILES string of the molecule is C=CCOC(=O)N1C(=O)C2CC=CCC2C1=O. The summed E-state index contributed by atoms with van der Waals surface area (Å²) in [6.45, 7) is 3.38. The maximum Gasteiger partial charge on any atom is 0.423 e. The summed E-state index contributed by atoms with van der Waals surface area (Å²) in [5.41, 5.74) is 0. The van der Waals surface area contributed by atoms with E-state index in [0.29, 0.717) is 17.7 Å². The molecule has 2 atom stereocenters. The molecule has 90 valence electrons. The lowest BCUT2D eigenvalue weighted by molar-refractivity contribution is -0.137. The van der Waals surface area contributed by atoms with Gasteiger partial charge in [0.15, 0.2) is 0 Å². The van der Waals surface area contributed by atoms with Gasteiger partial charge in [0.25, 0.3) is 0 Å². The van der Waals surface area contributed by atoms with Gasteiger partial charge in [-0.15, -0.1) is 0 Å². The Hall–Kier alpha value is -1.91. The maximum absolute atomic E-state index is 11.9. The van der Waals surface area contributed by atoms with Gasteiger partial charge in [0.2, 0.25) is 11.8 Å². The first-order valence-corrected chi connectivity index (χ1v) is 5.47. The van der Waals surface area contributed by atoms with E-state index in [9.17, 15) is 14.4 Å². The highest BCUT2D eigenvalue weighted by atomic mass is 16.6. The molecule has 5 nitrogen and oxygen atoms in total. The Morgan fingerprint density at radius 2 is 1.88 bits per heavy atom. The number of imide groups is 3. The predicted molar refractivity (Wildman–Crippen MR) is 58.8 cm³/mol. The van der Waals surface area contributed by atoms with Gasteiger partial charge in [0.1, 0.15) is 6.61 Å². The van der Waals surface area contributed by atoms with Gasteiger partial charge >= 0.3 is 6.09 Å². The van der Waals surface area contributed by atoms with E-state index in [0.717, 1.165) is 0 Å². The lowest BCUT2D eigenvalue weighted by Crippen LogP contribution is -2.37. The van der Waals surface area contributed by atoms with E-state index < -0.39 is 29.7 Å². The van der Waals surface area contributed by atoms with E-state index in [1.165, 1.54) is 6.08 Å². The summed E-state index contributed by atoms with van der Waals surface area (Å²) in [5.74, 6) is -1.69. The van der Waals surface area contributed by atoms with E-state index in [2.05, 4.69) is 6.58 Å². The molecule has 3 amide bonds. The summed E-state index contributed by atoms with van der Waals surface area (Å²) in [6, 6.07) is 0. The monoisotopic (exact) mass is 235 g/mol. The van der Waals surface area contributed by atoms with Crippen LogP contribution in [-0.4, -0.2) is 29.4 Å². The van der Waals surface area contributed by atoms with Crippen molar-refractivity contribution in [2.45, 2.75) is 12.8 Å². The van der Waals surface area contributed by atoms with E-state index in [1.807, 2.05) is 12.2 Å². The highest BCUT2D eigenvalue weighted by Crippen LogP contribution is 2.35. The van der Waals surface area contributed by atoms with Gasteiger partial charge in [0, 0.05) is 0 Å². The van der Waals surface area contributed by atoms with Crippen LogP contribution in [0.3, 0.4) is 0 Å². The van der Waals surface area contributed by atoms with Crippen LogP contribution in [-0.2, 0) is 14.3 Å². The molecule has 2 aliphatic rings. The van der Waals surface area contributed by atoms with Crippen LogP contribution in [0, 0.1) is 11.8 Å². The van der Waals surface area contributed by atoms with E-state index >= 15 is 0 Å². The minimum absolute atomic E-state index is 0.0104. The summed E-state index contributed by atoms with van der Waals surface area (Å²) in [7, 11) is 0. The average molecular weight is 235 g/mol. The second-order valence-electron chi connectivity index (χ2n) is 4.03. The molecule has 0 aromatic heterocycles. The largest absolute Gasteiger partial charge is 0.445 e. The van der Waals surface area contributed by atoms with E-state index in [1.54, 1.807) is 0 Å². The van der Waals surface area contributed by atoms with Crippen molar-refractivity contribution in [2.75, 3.05) is 6.61 Å². The van der Waals surface area contributed by atoms with Crippen LogP contribution in [0.15, 0.2) is 24.8 Å². The number of allylic oxidation sites excluding steroid dienone is 2. The fourth-order valence-electron chi connectivity index (χ4n) is 2.18. The molecule has 1 saturated heterocycles. The summed E-state index contributed by atoms with van der Waals surface area (Å²) >= 11 is 0. The van der Waals surface area contributed by atoms with Crippen LogP contribution >= 0.6 is 0 Å². The van der Waals surface area contributed by atoms with Crippen molar-refractivity contribution in [3.63, 3.8) is 0 Å². The Kier molecular flexibility index (Phi) is 3.08. The molecule has 2 unspecified atom stereocenters.